The normalized spacial score (nSPS) is 72.4. The van der Waals surface area contributed by atoms with E-state index in [0.29, 0.717) is 23.7 Å². The Morgan fingerprint density at radius 2 is 1.84 bits per heavy atom. The quantitative estimate of drug-likeness (QED) is 0.828. The molecule has 1 N–H and O–H groups in total. The predicted molar refractivity (Wildman–Crippen MR) is 57.3 cm³/mol. The minimum Gasteiger partial charge on any atom is -0.477 e. The van der Waals surface area contributed by atoms with Crippen molar-refractivity contribution in [2.24, 2.45) is 47.3 Å². The third kappa shape index (κ3) is 0.569. The van der Waals surface area contributed by atoms with Gasteiger partial charge in [-0.2, -0.15) is 8.78 Å². The van der Waals surface area contributed by atoms with Gasteiger partial charge in [-0.3, -0.25) is 0 Å². The van der Waals surface area contributed by atoms with Gasteiger partial charge >= 0.3 is 11.9 Å². The van der Waals surface area contributed by atoms with E-state index < -0.39 is 23.1 Å². The molecule has 7 fully saturated rings. The first-order chi connectivity index (χ1) is 8.87. The average molecular weight is 268 g/mol. The van der Waals surface area contributed by atoms with Gasteiger partial charge < -0.3 is 9.84 Å². The van der Waals surface area contributed by atoms with Crippen molar-refractivity contribution < 1.29 is 23.4 Å². The van der Waals surface area contributed by atoms with Crippen molar-refractivity contribution in [1.29, 1.82) is 0 Å². The maximum atomic E-state index is 14.5. The second kappa shape index (κ2) is 2.14. The summed E-state index contributed by atoms with van der Waals surface area (Å²) in [5.41, 5.74) is -2.12. The standard InChI is InChI=1S/C14H14F2O3/c1-12-7-3-2-4-6-5(3)9(12)10(6)13(19-12,8(4)7)14(15,16)11(17)18/h3-10H,2H2,1H3,(H,17,18)/t3-,4-,5+,6+,7+,8+,9+,10+,12-,13-/m0/s1. The van der Waals surface area contributed by atoms with Crippen LogP contribution in [0, 0.1) is 47.3 Å². The molecule has 4 bridgehead atoms. The van der Waals surface area contributed by atoms with Crippen LogP contribution < -0.4 is 0 Å². The first kappa shape index (κ1) is 10.1. The third-order valence-electron chi connectivity index (χ3n) is 7.97. The summed E-state index contributed by atoms with van der Waals surface area (Å²) in [6.07, 6.45) is 1.05. The Labute approximate surface area is 108 Å². The van der Waals surface area contributed by atoms with E-state index >= 15 is 0 Å². The Morgan fingerprint density at radius 3 is 2.53 bits per heavy atom. The van der Waals surface area contributed by atoms with Crippen LogP contribution in [0.5, 0.6) is 0 Å². The maximum absolute atomic E-state index is 14.5. The summed E-state index contributed by atoms with van der Waals surface area (Å²) in [5.74, 6) is -3.94. The molecular formula is C14H14F2O3. The van der Waals surface area contributed by atoms with Gasteiger partial charge in [0.05, 0.1) is 5.60 Å². The molecule has 7 aliphatic rings. The van der Waals surface area contributed by atoms with Gasteiger partial charge in [-0.15, -0.1) is 0 Å². The Hall–Kier alpha value is -0.710. The molecule has 0 unspecified atom stereocenters. The number of carbonyl (C=O) groups is 1. The highest BCUT2D eigenvalue weighted by molar-refractivity contribution is 5.78. The van der Waals surface area contributed by atoms with E-state index in [1.165, 1.54) is 0 Å². The van der Waals surface area contributed by atoms with Gasteiger partial charge in [-0.1, -0.05) is 0 Å². The van der Waals surface area contributed by atoms with Crippen molar-refractivity contribution in [2.75, 3.05) is 0 Å². The van der Waals surface area contributed by atoms with Gasteiger partial charge in [-0.05, 0) is 48.9 Å². The topological polar surface area (TPSA) is 46.5 Å². The number of halogens is 2. The average Bonchev–Trinajstić information content (AvgIpc) is 2.88. The lowest BCUT2D eigenvalue weighted by molar-refractivity contribution is -0.227. The molecule has 102 valence electrons. The predicted octanol–water partition coefficient (Wildman–Crippen LogP) is 1.62. The number of hydrogen-bond acceptors (Lipinski definition) is 2. The molecule has 0 aromatic heterocycles. The molecule has 7 rings (SSSR count). The number of rotatable bonds is 2. The number of carboxylic acids is 1. The maximum Gasteiger partial charge on any atom is 0.377 e. The van der Waals surface area contributed by atoms with Gasteiger partial charge in [0.1, 0.15) is 0 Å². The third-order valence-corrected chi connectivity index (χ3v) is 7.97. The highest BCUT2D eigenvalue weighted by atomic mass is 19.3. The van der Waals surface area contributed by atoms with Crippen LogP contribution in [-0.2, 0) is 9.53 Å². The molecule has 0 amide bonds. The molecule has 5 heteroatoms. The van der Waals surface area contributed by atoms with Gasteiger partial charge in [0.15, 0.2) is 5.60 Å². The summed E-state index contributed by atoms with van der Waals surface area (Å²) in [7, 11) is 0. The molecule has 19 heavy (non-hydrogen) atoms. The minimum absolute atomic E-state index is 0.188. The van der Waals surface area contributed by atoms with Crippen LogP contribution >= 0.6 is 0 Å². The van der Waals surface area contributed by atoms with Gasteiger partial charge in [-0.25, -0.2) is 4.79 Å². The zero-order chi connectivity index (χ0) is 13.1. The van der Waals surface area contributed by atoms with E-state index in [2.05, 4.69) is 0 Å². The van der Waals surface area contributed by atoms with Gasteiger partial charge in [0.2, 0.25) is 0 Å². The molecule has 2 aliphatic heterocycles. The summed E-state index contributed by atoms with van der Waals surface area (Å²) in [4.78, 5) is 11.1. The first-order valence-corrected chi connectivity index (χ1v) is 7.19. The Balaban J connectivity index is 1.67. The SMILES string of the molecule is C[C@@]12O[C@@]3(C(F)(F)C(=O)O)[C@@H]4[C@H]5C[C@@H]([C@@H]6[C@@H]5[C@@H]3[C@@H]61)[C@H]42. The minimum atomic E-state index is -3.73. The van der Waals surface area contributed by atoms with Crippen LogP contribution in [0.3, 0.4) is 0 Å². The van der Waals surface area contributed by atoms with Crippen LogP contribution in [0.25, 0.3) is 0 Å². The summed E-state index contributed by atoms with van der Waals surface area (Å²) in [6, 6.07) is 0. The highest BCUT2D eigenvalue weighted by Crippen LogP contribution is 2.94. The number of alkyl halides is 2. The van der Waals surface area contributed by atoms with Crippen molar-refractivity contribution >= 4 is 5.97 Å². The molecule has 0 radical (unpaired) electrons. The summed E-state index contributed by atoms with van der Waals surface area (Å²) >= 11 is 0. The molecule has 5 saturated carbocycles. The van der Waals surface area contributed by atoms with Gasteiger partial charge in [0.25, 0.3) is 0 Å². The van der Waals surface area contributed by atoms with E-state index in [-0.39, 0.29) is 23.7 Å². The molecule has 5 aliphatic carbocycles. The van der Waals surface area contributed by atoms with Crippen LogP contribution in [0.15, 0.2) is 0 Å². The zero-order valence-electron chi connectivity index (χ0n) is 10.3. The fraction of sp³-hybridized carbons (Fsp3) is 0.929. The van der Waals surface area contributed by atoms with Gasteiger partial charge in [0, 0.05) is 11.8 Å². The van der Waals surface area contributed by atoms with Crippen LogP contribution in [0.4, 0.5) is 8.78 Å². The van der Waals surface area contributed by atoms with E-state index in [4.69, 9.17) is 9.84 Å². The first-order valence-electron chi connectivity index (χ1n) is 7.19. The Bertz CT molecular complexity index is 577. The Morgan fingerprint density at radius 1 is 1.21 bits per heavy atom. The Kier molecular flexibility index (Phi) is 1.14. The molecule has 0 aromatic carbocycles. The second-order valence-corrected chi connectivity index (χ2v) is 7.78. The second-order valence-electron chi connectivity index (χ2n) is 7.78. The summed E-state index contributed by atoms with van der Waals surface area (Å²) < 4.78 is 34.9. The van der Waals surface area contributed by atoms with Crippen LogP contribution in [0.1, 0.15) is 13.3 Å². The van der Waals surface area contributed by atoms with Crippen molar-refractivity contribution in [3.63, 3.8) is 0 Å². The largest absolute Gasteiger partial charge is 0.477 e. The number of hydrogen-bond donors (Lipinski definition) is 1. The monoisotopic (exact) mass is 268 g/mol. The number of carboxylic acid groups (broad SMARTS) is 1. The van der Waals surface area contributed by atoms with E-state index in [0.717, 1.165) is 6.42 Å². The molecule has 3 nitrogen and oxygen atoms in total. The number of ether oxygens (including phenoxy) is 1. The molecule has 0 spiro atoms. The lowest BCUT2D eigenvalue weighted by Crippen LogP contribution is -2.61. The van der Waals surface area contributed by atoms with E-state index in [9.17, 15) is 13.6 Å². The van der Waals surface area contributed by atoms with E-state index in [1.807, 2.05) is 6.92 Å². The lowest BCUT2D eigenvalue weighted by Gasteiger charge is -2.47. The summed E-state index contributed by atoms with van der Waals surface area (Å²) in [6.45, 7) is 1.98. The van der Waals surface area contributed by atoms with Crippen molar-refractivity contribution in [2.45, 2.75) is 30.5 Å². The fourth-order valence-corrected chi connectivity index (χ4v) is 8.24. The van der Waals surface area contributed by atoms with Crippen molar-refractivity contribution in [3.8, 4) is 0 Å². The fourth-order valence-electron chi connectivity index (χ4n) is 8.24. The highest BCUT2D eigenvalue weighted by Gasteiger charge is 3.00. The van der Waals surface area contributed by atoms with Crippen LogP contribution in [-0.4, -0.2) is 28.2 Å². The summed E-state index contributed by atoms with van der Waals surface area (Å²) in [5, 5.41) is 9.03. The van der Waals surface area contributed by atoms with Crippen LogP contribution in [0.2, 0.25) is 0 Å². The smallest absolute Gasteiger partial charge is 0.377 e. The van der Waals surface area contributed by atoms with Crippen molar-refractivity contribution in [1.82, 2.24) is 0 Å². The zero-order valence-corrected chi connectivity index (χ0v) is 10.3. The molecular weight excluding hydrogens is 254 g/mol. The lowest BCUT2D eigenvalue weighted by atomic mass is 9.54. The van der Waals surface area contributed by atoms with Crippen molar-refractivity contribution in [3.05, 3.63) is 0 Å². The molecule has 2 heterocycles. The van der Waals surface area contributed by atoms with E-state index in [1.54, 1.807) is 0 Å². The molecule has 10 atom stereocenters. The number of aliphatic carboxylic acids is 1. The molecule has 2 saturated heterocycles. The molecule has 0 aromatic rings.